The van der Waals surface area contributed by atoms with Gasteiger partial charge in [-0.15, -0.1) is 0 Å². The zero-order valence-corrected chi connectivity index (χ0v) is 10.8. The molecule has 1 aliphatic rings. The number of carbonyl (C=O) groups excluding carboxylic acids is 1. The van der Waals surface area contributed by atoms with Crippen LogP contribution in [0, 0.1) is 5.92 Å². The zero-order valence-electron chi connectivity index (χ0n) is 10.8. The van der Waals surface area contributed by atoms with Gasteiger partial charge in [0.1, 0.15) is 0 Å². The highest BCUT2D eigenvalue weighted by molar-refractivity contribution is 5.85. The van der Waals surface area contributed by atoms with E-state index in [4.69, 9.17) is 10.6 Å². The second-order valence-corrected chi connectivity index (χ2v) is 6.00. The number of rotatable bonds is 2. The van der Waals surface area contributed by atoms with Crippen molar-refractivity contribution in [2.24, 2.45) is 11.7 Å². The molecular formula is C12H24N2O2. The molecule has 1 fully saturated rings. The van der Waals surface area contributed by atoms with Crippen LogP contribution in [0.2, 0.25) is 0 Å². The van der Waals surface area contributed by atoms with Gasteiger partial charge in [0.2, 0.25) is 0 Å². The van der Waals surface area contributed by atoms with Crippen LogP contribution in [0.25, 0.3) is 0 Å². The van der Waals surface area contributed by atoms with Crippen molar-refractivity contribution in [1.29, 1.82) is 0 Å². The maximum absolute atomic E-state index is 12.0. The van der Waals surface area contributed by atoms with Crippen molar-refractivity contribution in [3.05, 3.63) is 0 Å². The summed E-state index contributed by atoms with van der Waals surface area (Å²) >= 11 is 0. The maximum Gasteiger partial charge on any atom is 0.263 e. The largest absolute Gasteiger partial charge is 0.317 e. The number of hydrogen-bond donors (Lipinski definition) is 2. The third-order valence-electron chi connectivity index (χ3n) is 2.93. The Morgan fingerprint density at radius 2 is 2.12 bits per heavy atom. The Kier molecular flexibility index (Phi) is 3.97. The van der Waals surface area contributed by atoms with Crippen LogP contribution in [-0.4, -0.2) is 17.0 Å². The molecule has 1 rings (SSSR count). The molecule has 0 saturated heterocycles. The molecule has 2 atom stereocenters. The fourth-order valence-electron chi connectivity index (χ4n) is 2.10. The molecule has 0 aromatic heterocycles. The first-order valence-electron chi connectivity index (χ1n) is 6.00. The van der Waals surface area contributed by atoms with Gasteiger partial charge in [-0.2, -0.15) is 0 Å². The van der Waals surface area contributed by atoms with Crippen LogP contribution in [0.15, 0.2) is 0 Å². The van der Waals surface area contributed by atoms with Gasteiger partial charge >= 0.3 is 0 Å². The van der Waals surface area contributed by atoms with E-state index in [0.29, 0.717) is 5.92 Å². The molecule has 4 heteroatoms. The molecule has 0 heterocycles. The molecule has 0 spiro atoms. The molecule has 4 nitrogen and oxygen atoms in total. The average Bonchev–Trinajstić information content (AvgIpc) is 2.12. The van der Waals surface area contributed by atoms with Gasteiger partial charge in [-0.25, -0.2) is 5.48 Å². The van der Waals surface area contributed by atoms with Gasteiger partial charge in [0.15, 0.2) is 0 Å². The molecule has 1 aliphatic carbocycles. The first-order chi connectivity index (χ1) is 7.23. The van der Waals surface area contributed by atoms with E-state index in [1.54, 1.807) is 0 Å². The van der Waals surface area contributed by atoms with E-state index in [-0.39, 0.29) is 11.5 Å². The van der Waals surface area contributed by atoms with Crippen LogP contribution in [0.3, 0.4) is 0 Å². The van der Waals surface area contributed by atoms with E-state index in [0.717, 1.165) is 25.7 Å². The summed E-state index contributed by atoms with van der Waals surface area (Å²) in [5, 5.41) is 0. The third-order valence-corrected chi connectivity index (χ3v) is 2.93. The fourth-order valence-corrected chi connectivity index (χ4v) is 2.10. The molecule has 1 saturated carbocycles. The lowest BCUT2D eigenvalue weighted by Gasteiger charge is -2.35. The van der Waals surface area contributed by atoms with Crippen molar-refractivity contribution in [2.45, 2.75) is 64.5 Å². The van der Waals surface area contributed by atoms with Crippen LogP contribution in [0.5, 0.6) is 0 Å². The quantitative estimate of drug-likeness (QED) is 0.708. The zero-order chi connectivity index (χ0) is 12.4. The standard InChI is InChI=1S/C12H24N2O2/c1-9-6-5-7-12(13,8-9)10(15)14-16-11(2,3)4/h9H,5-8,13H2,1-4H3,(H,14,15). The van der Waals surface area contributed by atoms with E-state index in [9.17, 15) is 4.79 Å². The van der Waals surface area contributed by atoms with Gasteiger partial charge in [0.05, 0.1) is 11.1 Å². The molecule has 1 amide bonds. The monoisotopic (exact) mass is 228 g/mol. The van der Waals surface area contributed by atoms with Crippen LogP contribution in [-0.2, 0) is 9.63 Å². The maximum atomic E-state index is 12.0. The van der Waals surface area contributed by atoms with Gasteiger partial charge in [0, 0.05) is 0 Å². The van der Waals surface area contributed by atoms with Gasteiger partial charge in [0.25, 0.3) is 5.91 Å². The normalized spacial score (nSPS) is 31.2. The van der Waals surface area contributed by atoms with Crippen molar-refractivity contribution < 1.29 is 9.63 Å². The summed E-state index contributed by atoms with van der Waals surface area (Å²) in [7, 11) is 0. The highest BCUT2D eigenvalue weighted by atomic mass is 16.7. The van der Waals surface area contributed by atoms with Gasteiger partial charge in [-0.05, 0) is 39.5 Å². The summed E-state index contributed by atoms with van der Waals surface area (Å²) in [5.74, 6) is 0.327. The summed E-state index contributed by atoms with van der Waals surface area (Å²) in [6.07, 6.45) is 3.66. The smallest absolute Gasteiger partial charge is 0.263 e. The van der Waals surface area contributed by atoms with Crippen LogP contribution < -0.4 is 11.2 Å². The van der Waals surface area contributed by atoms with Crippen molar-refractivity contribution in [3.8, 4) is 0 Å². The number of nitrogens with two attached hydrogens (primary N) is 1. The second kappa shape index (κ2) is 4.72. The molecule has 94 valence electrons. The van der Waals surface area contributed by atoms with E-state index >= 15 is 0 Å². The summed E-state index contributed by atoms with van der Waals surface area (Å²) in [4.78, 5) is 17.2. The lowest BCUT2D eigenvalue weighted by Crippen LogP contribution is -2.57. The first-order valence-corrected chi connectivity index (χ1v) is 6.00. The number of nitrogens with one attached hydrogen (secondary N) is 1. The molecule has 3 N–H and O–H groups in total. The summed E-state index contributed by atoms with van der Waals surface area (Å²) in [6.45, 7) is 7.80. The highest BCUT2D eigenvalue weighted by Crippen LogP contribution is 2.30. The van der Waals surface area contributed by atoms with E-state index in [1.165, 1.54) is 0 Å². The fraction of sp³-hybridized carbons (Fsp3) is 0.917. The number of amides is 1. The molecule has 0 aromatic carbocycles. The summed E-state index contributed by atoms with van der Waals surface area (Å²) in [5.41, 5.74) is 7.49. The van der Waals surface area contributed by atoms with Crippen LogP contribution >= 0.6 is 0 Å². The van der Waals surface area contributed by atoms with Crippen LogP contribution in [0.4, 0.5) is 0 Å². The predicted octanol–water partition coefficient (Wildman–Crippen LogP) is 1.74. The minimum Gasteiger partial charge on any atom is -0.317 e. The lowest BCUT2D eigenvalue weighted by molar-refractivity contribution is -0.152. The number of carbonyl (C=O) groups is 1. The molecular weight excluding hydrogens is 204 g/mol. The number of hydrogen-bond acceptors (Lipinski definition) is 3. The minimum atomic E-state index is -0.747. The first kappa shape index (κ1) is 13.5. The Labute approximate surface area is 97.9 Å². The van der Waals surface area contributed by atoms with Gasteiger partial charge < -0.3 is 5.73 Å². The van der Waals surface area contributed by atoms with Crippen molar-refractivity contribution in [1.82, 2.24) is 5.48 Å². The number of hydroxylamine groups is 1. The molecule has 0 aromatic rings. The van der Waals surface area contributed by atoms with E-state index in [2.05, 4.69) is 12.4 Å². The van der Waals surface area contributed by atoms with Crippen molar-refractivity contribution >= 4 is 5.91 Å². The average molecular weight is 228 g/mol. The second-order valence-electron chi connectivity index (χ2n) is 6.00. The van der Waals surface area contributed by atoms with E-state index in [1.807, 2.05) is 20.8 Å². The Bertz CT molecular complexity index is 260. The summed E-state index contributed by atoms with van der Waals surface area (Å²) < 4.78 is 0. The molecule has 2 unspecified atom stereocenters. The third kappa shape index (κ3) is 3.76. The summed E-state index contributed by atoms with van der Waals surface area (Å²) in [6, 6.07) is 0. The predicted molar refractivity (Wildman–Crippen MR) is 63.5 cm³/mol. The molecule has 0 aliphatic heterocycles. The molecule has 0 bridgehead atoms. The Balaban J connectivity index is 2.52. The minimum absolute atomic E-state index is 0.186. The van der Waals surface area contributed by atoms with E-state index < -0.39 is 5.54 Å². The van der Waals surface area contributed by atoms with Crippen molar-refractivity contribution in [2.75, 3.05) is 0 Å². The van der Waals surface area contributed by atoms with Gasteiger partial charge in [-0.1, -0.05) is 19.8 Å². The SMILES string of the molecule is CC1CCCC(N)(C(=O)NOC(C)(C)C)C1. The van der Waals surface area contributed by atoms with Crippen molar-refractivity contribution in [3.63, 3.8) is 0 Å². The molecule has 0 radical (unpaired) electrons. The highest BCUT2D eigenvalue weighted by Gasteiger charge is 2.38. The Morgan fingerprint density at radius 3 is 2.62 bits per heavy atom. The molecule has 16 heavy (non-hydrogen) atoms. The Morgan fingerprint density at radius 1 is 1.50 bits per heavy atom. The van der Waals surface area contributed by atoms with Gasteiger partial charge in [-0.3, -0.25) is 9.63 Å². The topological polar surface area (TPSA) is 64.4 Å². The van der Waals surface area contributed by atoms with Crippen LogP contribution in [0.1, 0.15) is 53.4 Å². The lowest BCUT2D eigenvalue weighted by atomic mass is 9.76. The Hall–Kier alpha value is -0.610.